The minimum Gasteiger partial charge on any atom is -0.310 e. The van der Waals surface area contributed by atoms with Gasteiger partial charge in [0.2, 0.25) is 0 Å². The minimum absolute atomic E-state index is 0.0201. The molecule has 0 saturated heterocycles. The van der Waals surface area contributed by atoms with Gasteiger partial charge in [0.1, 0.15) is 0 Å². The second kappa shape index (κ2) is 10.7. The molecular weight excluding hydrogens is 627 g/mol. The number of benzene rings is 7. The van der Waals surface area contributed by atoms with Gasteiger partial charge in [0, 0.05) is 33.3 Å². The van der Waals surface area contributed by atoms with Crippen LogP contribution in [0.2, 0.25) is 0 Å². The number of anilines is 3. The summed E-state index contributed by atoms with van der Waals surface area (Å²) in [5.74, 6) is 0. The molecule has 0 heterocycles. The Hall–Kier alpha value is -5.66. The molecule has 0 N–H and O–H groups in total. The van der Waals surface area contributed by atoms with Gasteiger partial charge in [0.25, 0.3) is 0 Å². The molecule has 3 aliphatic carbocycles. The Morgan fingerprint density at radius 3 is 1.10 bits per heavy atom. The van der Waals surface area contributed by atoms with E-state index >= 15 is 0 Å². The van der Waals surface area contributed by atoms with Crippen molar-refractivity contribution in [2.24, 2.45) is 0 Å². The van der Waals surface area contributed by atoms with Crippen LogP contribution >= 0.6 is 0 Å². The standard InChI is InChI=1S/C51H43N/c1-49(2)43-18-12-10-16-37(43)39-24-20-32(28-45(39)49)33-21-25-40-42-27-23-36(31-48(42)51(5,6)46(40)29-33)52(34-14-8-7-9-15-34)35-22-26-41-38-17-11-13-19-44(38)50(3,4)47(41)30-35/h7-31H,1-6H3. The van der Waals surface area contributed by atoms with E-state index in [0.717, 1.165) is 5.69 Å². The van der Waals surface area contributed by atoms with Crippen molar-refractivity contribution in [1.29, 1.82) is 0 Å². The zero-order valence-corrected chi connectivity index (χ0v) is 30.9. The molecule has 0 atom stereocenters. The molecule has 52 heavy (non-hydrogen) atoms. The first-order valence-electron chi connectivity index (χ1n) is 18.7. The SMILES string of the molecule is CC1(C)c2ccccc2-c2ccc(-c3ccc4c(c3)C(C)(C)c3cc(N(c5ccccc5)c5ccc6c(c5)C(C)(C)c5ccccc5-6)ccc3-4)cc21. The zero-order chi connectivity index (χ0) is 35.6. The van der Waals surface area contributed by atoms with Crippen LogP contribution in [-0.4, -0.2) is 0 Å². The maximum absolute atomic E-state index is 2.46. The molecule has 0 spiro atoms. The second-order valence-corrected chi connectivity index (χ2v) is 16.6. The van der Waals surface area contributed by atoms with Crippen molar-refractivity contribution in [3.05, 3.63) is 185 Å². The van der Waals surface area contributed by atoms with Crippen LogP contribution in [0.5, 0.6) is 0 Å². The van der Waals surface area contributed by atoms with E-state index in [1.54, 1.807) is 0 Å². The first kappa shape index (κ1) is 31.1. The summed E-state index contributed by atoms with van der Waals surface area (Å²) in [5, 5.41) is 0. The van der Waals surface area contributed by atoms with Gasteiger partial charge in [-0.3, -0.25) is 0 Å². The lowest BCUT2D eigenvalue weighted by molar-refractivity contribution is 0.659. The van der Waals surface area contributed by atoms with Gasteiger partial charge >= 0.3 is 0 Å². The van der Waals surface area contributed by atoms with E-state index < -0.39 is 0 Å². The monoisotopic (exact) mass is 669 g/mol. The van der Waals surface area contributed by atoms with Crippen molar-refractivity contribution in [2.45, 2.75) is 57.8 Å². The third-order valence-corrected chi connectivity index (χ3v) is 12.7. The molecule has 0 fully saturated rings. The lowest BCUT2D eigenvalue weighted by atomic mass is 9.80. The fourth-order valence-corrected chi connectivity index (χ4v) is 9.78. The number of hydrogen-bond donors (Lipinski definition) is 0. The van der Waals surface area contributed by atoms with Gasteiger partial charge in [-0.25, -0.2) is 0 Å². The summed E-state index contributed by atoms with van der Waals surface area (Å²) in [6.07, 6.45) is 0. The van der Waals surface area contributed by atoms with E-state index in [4.69, 9.17) is 0 Å². The maximum atomic E-state index is 2.46. The molecule has 0 saturated carbocycles. The van der Waals surface area contributed by atoms with Gasteiger partial charge in [0.05, 0.1) is 0 Å². The Bertz CT molecular complexity index is 2600. The molecular formula is C51H43N. The van der Waals surface area contributed by atoms with E-state index in [1.165, 1.54) is 89.3 Å². The Morgan fingerprint density at radius 2 is 0.635 bits per heavy atom. The summed E-state index contributed by atoms with van der Waals surface area (Å²) in [5.41, 5.74) is 22.3. The molecule has 10 rings (SSSR count). The largest absolute Gasteiger partial charge is 0.310 e. The lowest BCUT2D eigenvalue weighted by Crippen LogP contribution is -2.18. The van der Waals surface area contributed by atoms with Crippen molar-refractivity contribution in [3.8, 4) is 44.5 Å². The molecule has 7 aromatic carbocycles. The fraction of sp³-hybridized carbons (Fsp3) is 0.176. The minimum atomic E-state index is -0.160. The number of hydrogen-bond acceptors (Lipinski definition) is 1. The van der Waals surface area contributed by atoms with Gasteiger partial charge in [0.15, 0.2) is 0 Å². The quantitative estimate of drug-likeness (QED) is 0.180. The topological polar surface area (TPSA) is 3.24 Å². The van der Waals surface area contributed by atoms with Gasteiger partial charge in [-0.1, -0.05) is 145 Å². The average Bonchev–Trinajstić information content (AvgIpc) is 3.64. The highest BCUT2D eigenvalue weighted by Crippen LogP contribution is 2.54. The molecule has 0 amide bonds. The Balaban J connectivity index is 1.05. The van der Waals surface area contributed by atoms with Gasteiger partial charge in [-0.05, 0) is 126 Å². The van der Waals surface area contributed by atoms with Crippen LogP contribution in [0.15, 0.2) is 152 Å². The first-order chi connectivity index (χ1) is 25.0. The van der Waals surface area contributed by atoms with Crippen molar-refractivity contribution in [2.75, 3.05) is 4.90 Å². The first-order valence-corrected chi connectivity index (χ1v) is 18.7. The summed E-state index contributed by atoms with van der Waals surface area (Å²) in [7, 11) is 0. The highest BCUT2D eigenvalue weighted by Gasteiger charge is 2.39. The van der Waals surface area contributed by atoms with Crippen LogP contribution in [0.3, 0.4) is 0 Å². The Labute approximate surface area is 308 Å². The Morgan fingerprint density at radius 1 is 0.288 bits per heavy atom. The summed E-state index contributed by atoms with van der Waals surface area (Å²) >= 11 is 0. The maximum Gasteiger partial charge on any atom is 0.0465 e. The van der Waals surface area contributed by atoms with Crippen molar-refractivity contribution < 1.29 is 0 Å². The third-order valence-electron chi connectivity index (χ3n) is 12.7. The molecule has 252 valence electrons. The average molecular weight is 670 g/mol. The molecule has 0 bridgehead atoms. The number of para-hydroxylation sites is 1. The molecule has 0 aromatic heterocycles. The van der Waals surface area contributed by atoms with Gasteiger partial charge in [-0.2, -0.15) is 0 Å². The second-order valence-electron chi connectivity index (χ2n) is 16.6. The van der Waals surface area contributed by atoms with Crippen LogP contribution in [0.25, 0.3) is 44.5 Å². The van der Waals surface area contributed by atoms with Crippen LogP contribution in [0.1, 0.15) is 74.9 Å². The Kier molecular flexibility index (Phi) is 6.39. The van der Waals surface area contributed by atoms with E-state index in [2.05, 4.69) is 198 Å². The molecule has 1 nitrogen and oxygen atoms in total. The van der Waals surface area contributed by atoms with Crippen molar-refractivity contribution in [1.82, 2.24) is 0 Å². The van der Waals surface area contributed by atoms with Crippen LogP contribution < -0.4 is 4.90 Å². The predicted molar refractivity (Wildman–Crippen MR) is 219 cm³/mol. The predicted octanol–water partition coefficient (Wildman–Crippen LogP) is 13.7. The van der Waals surface area contributed by atoms with E-state index in [1.807, 2.05) is 0 Å². The summed E-state index contributed by atoms with van der Waals surface area (Å²) in [6.45, 7) is 14.2. The fourth-order valence-electron chi connectivity index (χ4n) is 9.78. The summed E-state index contributed by atoms with van der Waals surface area (Å²) < 4.78 is 0. The van der Waals surface area contributed by atoms with Gasteiger partial charge < -0.3 is 4.90 Å². The molecule has 3 aliphatic rings. The molecule has 1 heteroatoms. The van der Waals surface area contributed by atoms with Gasteiger partial charge in [-0.15, -0.1) is 0 Å². The third kappa shape index (κ3) is 4.23. The number of nitrogens with zero attached hydrogens (tertiary/aromatic N) is 1. The lowest BCUT2D eigenvalue weighted by Gasteiger charge is -2.29. The van der Waals surface area contributed by atoms with Crippen molar-refractivity contribution in [3.63, 3.8) is 0 Å². The van der Waals surface area contributed by atoms with E-state index in [-0.39, 0.29) is 16.2 Å². The zero-order valence-electron chi connectivity index (χ0n) is 30.9. The molecule has 0 aliphatic heterocycles. The molecule has 0 radical (unpaired) electrons. The highest BCUT2D eigenvalue weighted by atomic mass is 15.1. The van der Waals surface area contributed by atoms with Crippen molar-refractivity contribution >= 4 is 17.1 Å². The molecule has 0 unspecified atom stereocenters. The highest BCUT2D eigenvalue weighted by molar-refractivity contribution is 5.90. The van der Waals surface area contributed by atoms with E-state index in [0.29, 0.717) is 0 Å². The summed E-state index contributed by atoms with van der Waals surface area (Å²) in [6, 6.07) is 57.1. The number of fused-ring (bicyclic) bond motifs is 9. The van der Waals surface area contributed by atoms with Crippen LogP contribution in [-0.2, 0) is 16.2 Å². The summed E-state index contributed by atoms with van der Waals surface area (Å²) in [4.78, 5) is 2.44. The smallest absolute Gasteiger partial charge is 0.0465 e. The van der Waals surface area contributed by atoms with Crippen LogP contribution in [0, 0.1) is 0 Å². The molecule has 7 aromatic rings. The van der Waals surface area contributed by atoms with E-state index in [9.17, 15) is 0 Å². The normalized spacial score (nSPS) is 16.0. The number of rotatable bonds is 4. The van der Waals surface area contributed by atoms with Crippen LogP contribution in [0.4, 0.5) is 17.1 Å².